The minimum absolute atomic E-state index is 0.111. The molecule has 2 aromatic heterocycles. The van der Waals surface area contributed by atoms with Crippen LogP contribution in [-0.4, -0.2) is 35.9 Å². The Morgan fingerprint density at radius 2 is 2.04 bits per heavy atom. The third kappa shape index (κ3) is 3.36. The fraction of sp³-hybridized carbons (Fsp3) is 0.167. The summed E-state index contributed by atoms with van der Waals surface area (Å²) < 4.78 is 1.72. The van der Waals surface area contributed by atoms with Crippen molar-refractivity contribution in [3.05, 3.63) is 70.3 Å². The van der Waals surface area contributed by atoms with Crippen molar-refractivity contribution < 1.29 is 0 Å². The lowest BCUT2D eigenvalue weighted by molar-refractivity contribution is 0.755. The molecule has 4 rings (SSSR count). The van der Waals surface area contributed by atoms with Gasteiger partial charge in [0.25, 0.3) is 5.56 Å². The molecule has 26 heavy (non-hydrogen) atoms. The van der Waals surface area contributed by atoms with E-state index in [2.05, 4.69) is 25.5 Å². The zero-order valence-corrected chi connectivity index (χ0v) is 14.9. The Balaban J connectivity index is 1.49. The number of aromatic nitrogens is 6. The molecule has 2 aromatic carbocycles. The molecule has 0 aliphatic heterocycles. The van der Waals surface area contributed by atoms with Crippen molar-refractivity contribution in [2.75, 3.05) is 5.75 Å². The Morgan fingerprint density at radius 1 is 1.15 bits per heavy atom. The zero-order chi connectivity index (χ0) is 17.9. The summed E-state index contributed by atoms with van der Waals surface area (Å²) >= 11 is 1.53. The van der Waals surface area contributed by atoms with Crippen LogP contribution in [0.25, 0.3) is 16.6 Å². The Morgan fingerprint density at radius 3 is 2.92 bits per heavy atom. The molecule has 0 saturated carbocycles. The van der Waals surface area contributed by atoms with E-state index in [1.54, 1.807) is 10.7 Å². The van der Waals surface area contributed by atoms with Gasteiger partial charge in [-0.15, -0.1) is 5.10 Å². The Hall–Kier alpha value is -3.00. The molecule has 7 nitrogen and oxygen atoms in total. The van der Waals surface area contributed by atoms with Gasteiger partial charge in [-0.25, -0.2) is 4.98 Å². The van der Waals surface area contributed by atoms with Gasteiger partial charge in [-0.1, -0.05) is 36.0 Å². The van der Waals surface area contributed by atoms with Crippen LogP contribution in [0.3, 0.4) is 0 Å². The first kappa shape index (κ1) is 16.5. The summed E-state index contributed by atoms with van der Waals surface area (Å²) in [6.07, 6.45) is 0.616. The fourth-order valence-electron chi connectivity index (χ4n) is 2.68. The maximum absolute atomic E-state index is 12.1. The number of rotatable bonds is 5. The third-order valence-corrected chi connectivity index (χ3v) is 4.84. The van der Waals surface area contributed by atoms with Crippen molar-refractivity contribution in [1.82, 2.24) is 30.2 Å². The van der Waals surface area contributed by atoms with Crippen molar-refractivity contribution in [1.29, 1.82) is 0 Å². The van der Waals surface area contributed by atoms with Gasteiger partial charge in [-0.2, -0.15) is 4.68 Å². The highest BCUT2D eigenvalue weighted by Crippen LogP contribution is 2.19. The molecule has 1 N–H and O–H groups in total. The van der Waals surface area contributed by atoms with Gasteiger partial charge in [-0.3, -0.25) is 4.79 Å². The van der Waals surface area contributed by atoms with Gasteiger partial charge in [0, 0.05) is 12.2 Å². The topological polar surface area (TPSA) is 89.3 Å². The summed E-state index contributed by atoms with van der Waals surface area (Å²) in [6, 6.07) is 15.3. The number of H-pyrrole nitrogens is 1. The number of tetrazole rings is 1. The highest BCUT2D eigenvalue weighted by molar-refractivity contribution is 7.99. The number of aromatic amines is 1. The van der Waals surface area contributed by atoms with Crippen molar-refractivity contribution in [3.63, 3.8) is 0 Å². The first-order valence-electron chi connectivity index (χ1n) is 8.17. The van der Waals surface area contributed by atoms with E-state index in [-0.39, 0.29) is 5.56 Å². The van der Waals surface area contributed by atoms with E-state index in [0.717, 1.165) is 11.3 Å². The van der Waals surface area contributed by atoms with Gasteiger partial charge in [-0.05, 0) is 47.2 Å². The lowest BCUT2D eigenvalue weighted by Crippen LogP contribution is -2.12. The van der Waals surface area contributed by atoms with Gasteiger partial charge >= 0.3 is 0 Å². The molecule has 0 bridgehead atoms. The maximum Gasteiger partial charge on any atom is 0.258 e. The van der Waals surface area contributed by atoms with E-state index >= 15 is 0 Å². The smallest absolute Gasteiger partial charge is 0.258 e. The Bertz CT molecular complexity index is 1120. The SMILES string of the molecule is Cc1cccc(-n2nnnc2SCCc2nc3ccccc3c(=O)[nH]2)c1. The number of hydrogen-bond donors (Lipinski definition) is 1. The van der Waals surface area contributed by atoms with E-state index in [1.165, 1.54) is 11.8 Å². The van der Waals surface area contributed by atoms with Crippen LogP contribution in [0, 0.1) is 6.92 Å². The number of para-hydroxylation sites is 1. The predicted molar refractivity (Wildman–Crippen MR) is 101 cm³/mol. The minimum atomic E-state index is -0.111. The summed E-state index contributed by atoms with van der Waals surface area (Å²) in [5.74, 6) is 1.36. The monoisotopic (exact) mass is 364 g/mol. The molecule has 8 heteroatoms. The lowest BCUT2D eigenvalue weighted by atomic mass is 10.2. The molecule has 0 atom stereocenters. The fourth-order valence-corrected chi connectivity index (χ4v) is 3.52. The van der Waals surface area contributed by atoms with E-state index in [1.807, 2.05) is 49.4 Å². The molecule has 0 saturated heterocycles. The van der Waals surface area contributed by atoms with Crippen LogP contribution >= 0.6 is 11.8 Å². The van der Waals surface area contributed by atoms with Gasteiger partial charge < -0.3 is 4.98 Å². The second-order valence-corrected chi connectivity index (χ2v) is 6.90. The number of nitrogens with one attached hydrogen (secondary N) is 1. The molecule has 0 amide bonds. The van der Waals surface area contributed by atoms with E-state index in [9.17, 15) is 4.79 Å². The minimum Gasteiger partial charge on any atom is -0.310 e. The second kappa shape index (κ2) is 7.09. The molecule has 0 radical (unpaired) electrons. The lowest BCUT2D eigenvalue weighted by Gasteiger charge is -2.05. The molecular formula is C18H16N6OS. The van der Waals surface area contributed by atoms with Crippen LogP contribution in [0.2, 0.25) is 0 Å². The molecule has 0 spiro atoms. The van der Waals surface area contributed by atoms with Crippen LogP contribution in [0.15, 0.2) is 58.5 Å². The average molecular weight is 364 g/mol. The second-order valence-electron chi connectivity index (χ2n) is 5.84. The molecule has 0 unspecified atom stereocenters. The van der Waals surface area contributed by atoms with E-state index in [4.69, 9.17) is 0 Å². The molecule has 0 aliphatic carbocycles. The Kier molecular flexibility index (Phi) is 4.49. The van der Waals surface area contributed by atoms with Crippen LogP contribution in [-0.2, 0) is 6.42 Å². The molecule has 130 valence electrons. The van der Waals surface area contributed by atoms with Crippen molar-refractivity contribution in [3.8, 4) is 5.69 Å². The first-order valence-corrected chi connectivity index (χ1v) is 9.15. The quantitative estimate of drug-likeness (QED) is 0.548. The van der Waals surface area contributed by atoms with Gasteiger partial charge in [0.15, 0.2) is 0 Å². The summed E-state index contributed by atoms with van der Waals surface area (Å²) in [4.78, 5) is 19.5. The van der Waals surface area contributed by atoms with Crippen LogP contribution in [0.1, 0.15) is 11.4 Å². The highest BCUT2D eigenvalue weighted by atomic mass is 32.2. The summed E-state index contributed by atoms with van der Waals surface area (Å²) in [5.41, 5.74) is 2.67. The number of nitrogens with zero attached hydrogens (tertiary/aromatic N) is 5. The van der Waals surface area contributed by atoms with Crippen LogP contribution in [0.5, 0.6) is 0 Å². The van der Waals surface area contributed by atoms with Crippen LogP contribution < -0.4 is 5.56 Å². The molecule has 4 aromatic rings. The number of fused-ring (bicyclic) bond motifs is 1. The van der Waals surface area contributed by atoms with Gasteiger partial charge in [0.1, 0.15) is 5.82 Å². The predicted octanol–water partition coefficient (Wildman–Crippen LogP) is 2.54. The van der Waals surface area contributed by atoms with Crippen molar-refractivity contribution in [2.45, 2.75) is 18.5 Å². The Labute approximate surface area is 153 Å². The van der Waals surface area contributed by atoms with Gasteiger partial charge in [0.05, 0.1) is 16.6 Å². The molecule has 0 fully saturated rings. The van der Waals surface area contributed by atoms with Gasteiger partial charge in [0.2, 0.25) is 5.16 Å². The average Bonchev–Trinajstić information content (AvgIpc) is 3.10. The number of hydrogen-bond acceptors (Lipinski definition) is 6. The number of thioether (sulfide) groups is 1. The normalized spacial score (nSPS) is 11.1. The molecule has 0 aliphatic rings. The first-order chi connectivity index (χ1) is 12.7. The zero-order valence-electron chi connectivity index (χ0n) is 14.1. The highest BCUT2D eigenvalue weighted by Gasteiger charge is 2.10. The summed E-state index contributed by atoms with van der Waals surface area (Å²) in [5, 5.41) is 13.3. The maximum atomic E-state index is 12.1. The largest absolute Gasteiger partial charge is 0.310 e. The van der Waals surface area contributed by atoms with E-state index < -0.39 is 0 Å². The standard InChI is InChI=1S/C18H16N6OS/c1-12-5-4-6-13(11-12)24-18(21-22-23-24)26-10-9-16-19-15-8-3-2-7-14(15)17(25)20-16/h2-8,11H,9-10H2,1H3,(H,19,20,25). The summed E-state index contributed by atoms with van der Waals surface area (Å²) in [7, 11) is 0. The van der Waals surface area contributed by atoms with Crippen LogP contribution in [0.4, 0.5) is 0 Å². The van der Waals surface area contributed by atoms with Crippen molar-refractivity contribution >= 4 is 22.7 Å². The van der Waals surface area contributed by atoms with E-state index in [0.29, 0.717) is 34.1 Å². The number of aryl methyl sites for hydroxylation is 2. The number of benzene rings is 2. The summed E-state index contributed by atoms with van der Waals surface area (Å²) in [6.45, 7) is 2.03. The molecule has 2 heterocycles. The van der Waals surface area contributed by atoms with Crippen molar-refractivity contribution in [2.24, 2.45) is 0 Å². The molecular weight excluding hydrogens is 348 g/mol. The third-order valence-electron chi connectivity index (χ3n) is 3.92.